The first kappa shape index (κ1) is 17.5. The van der Waals surface area contributed by atoms with Crippen LogP contribution in [0.1, 0.15) is 25.0 Å². The van der Waals surface area contributed by atoms with Crippen LogP contribution in [0, 0.1) is 6.92 Å². The fourth-order valence-corrected chi connectivity index (χ4v) is 3.45. The van der Waals surface area contributed by atoms with Gasteiger partial charge in [0.25, 0.3) is 0 Å². The van der Waals surface area contributed by atoms with Crippen molar-refractivity contribution in [2.75, 3.05) is 5.32 Å². The largest absolute Gasteiger partial charge is 0.350 e. The van der Waals surface area contributed by atoms with Crippen LogP contribution in [-0.2, 0) is 13.6 Å². The maximum Gasteiger partial charge on any atom is 0.173 e. The molecule has 0 saturated heterocycles. The summed E-state index contributed by atoms with van der Waals surface area (Å²) >= 11 is 5.70. The molecule has 0 spiro atoms. The van der Waals surface area contributed by atoms with Crippen LogP contribution in [0.4, 0.5) is 5.69 Å². The average Bonchev–Trinajstić information content (AvgIpc) is 2.91. The summed E-state index contributed by atoms with van der Waals surface area (Å²) in [7, 11) is 2.09. The highest BCUT2D eigenvalue weighted by atomic mass is 32.1. The molecule has 3 nitrogen and oxygen atoms in total. The summed E-state index contributed by atoms with van der Waals surface area (Å²) in [5.74, 6) is 0. The van der Waals surface area contributed by atoms with E-state index in [4.69, 9.17) is 12.2 Å². The Morgan fingerprint density at radius 3 is 2.48 bits per heavy atom. The van der Waals surface area contributed by atoms with Gasteiger partial charge in [-0.25, -0.2) is 0 Å². The summed E-state index contributed by atoms with van der Waals surface area (Å²) < 4.78 is 2.18. The number of fused-ring (bicyclic) bond motifs is 1. The molecule has 130 valence electrons. The molecule has 1 aromatic heterocycles. The number of nitrogens with zero attached hydrogens (tertiary/aromatic N) is 2. The van der Waals surface area contributed by atoms with Crippen molar-refractivity contribution in [1.82, 2.24) is 9.47 Å². The molecule has 0 unspecified atom stereocenters. The Balaban J connectivity index is 1.83. The number of rotatable bonds is 4. The van der Waals surface area contributed by atoms with E-state index in [0.29, 0.717) is 6.04 Å². The Labute approximate surface area is 155 Å². The zero-order chi connectivity index (χ0) is 18.0. The fraction of sp³-hybridized carbons (Fsp3) is 0.286. The monoisotopic (exact) mass is 351 g/mol. The topological polar surface area (TPSA) is 20.2 Å². The molecule has 25 heavy (non-hydrogen) atoms. The highest BCUT2D eigenvalue weighted by Gasteiger charge is 2.17. The van der Waals surface area contributed by atoms with E-state index in [1.807, 2.05) is 0 Å². The molecule has 1 heterocycles. The molecule has 0 amide bonds. The molecular weight excluding hydrogens is 326 g/mol. The normalized spacial score (nSPS) is 11.1. The number of thiocarbonyl (C=S) groups is 1. The standard InChI is InChI=1S/C21H25N3S/c1-15(2)24(21(25)22-18-11-9-16(3)10-12-18)14-17-13-23(4)20-8-6-5-7-19(17)20/h5-13,15H,14H2,1-4H3,(H,22,25). The van der Waals surface area contributed by atoms with E-state index in [1.54, 1.807) is 0 Å². The Kier molecular flexibility index (Phi) is 5.09. The number of anilines is 1. The third kappa shape index (κ3) is 3.85. The highest BCUT2D eigenvalue weighted by Crippen LogP contribution is 2.23. The van der Waals surface area contributed by atoms with Crippen LogP contribution >= 0.6 is 12.2 Å². The van der Waals surface area contributed by atoms with E-state index < -0.39 is 0 Å². The molecule has 0 aliphatic heterocycles. The number of aryl methyl sites for hydroxylation is 2. The number of para-hydroxylation sites is 1. The van der Waals surface area contributed by atoms with Crippen molar-refractivity contribution in [2.45, 2.75) is 33.4 Å². The van der Waals surface area contributed by atoms with Gasteiger partial charge in [-0.2, -0.15) is 0 Å². The van der Waals surface area contributed by atoms with Gasteiger partial charge in [-0.15, -0.1) is 0 Å². The van der Waals surface area contributed by atoms with E-state index in [-0.39, 0.29) is 0 Å². The Morgan fingerprint density at radius 2 is 1.80 bits per heavy atom. The summed E-state index contributed by atoms with van der Waals surface area (Å²) in [6.07, 6.45) is 2.20. The SMILES string of the molecule is Cc1ccc(NC(=S)N(Cc2cn(C)c3ccccc23)C(C)C)cc1. The first-order chi connectivity index (χ1) is 12.0. The van der Waals surface area contributed by atoms with Gasteiger partial charge in [-0.3, -0.25) is 0 Å². The first-order valence-electron chi connectivity index (χ1n) is 8.63. The summed E-state index contributed by atoms with van der Waals surface area (Å²) in [5, 5.41) is 5.42. The Morgan fingerprint density at radius 1 is 1.12 bits per heavy atom. The predicted molar refractivity (Wildman–Crippen MR) is 111 cm³/mol. The summed E-state index contributed by atoms with van der Waals surface area (Å²) in [4.78, 5) is 2.23. The van der Waals surface area contributed by atoms with E-state index in [1.165, 1.54) is 22.0 Å². The average molecular weight is 352 g/mol. The van der Waals surface area contributed by atoms with E-state index in [0.717, 1.165) is 17.3 Å². The maximum absolute atomic E-state index is 5.70. The molecule has 3 aromatic rings. The summed E-state index contributed by atoms with van der Waals surface area (Å²) in [5.41, 5.74) is 4.81. The van der Waals surface area contributed by atoms with Crippen molar-refractivity contribution < 1.29 is 0 Å². The van der Waals surface area contributed by atoms with E-state index >= 15 is 0 Å². The van der Waals surface area contributed by atoms with Crippen LogP contribution in [0.3, 0.4) is 0 Å². The lowest BCUT2D eigenvalue weighted by Crippen LogP contribution is -2.39. The van der Waals surface area contributed by atoms with Crippen molar-refractivity contribution in [2.24, 2.45) is 7.05 Å². The molecule has 1 N–H and O–H groups in total. The van der Waals surface area contributed by atoms with Crippen molar-refractivity contribution in [1.29, 1.82) is 0 Å². The van der Waals surface area contributed by atoms with Gasteiger partial charge < -0.3 is 14.8 Å². The van der Waals surface area contributed by atoms with E-state index in [9.17, 15) is 0 Å². The van der Waals surface area contributed by atoms with E-state index in [2.05, 4.69) is 97.3 Å². The van der Waals surface area contributed by atoms with Crippen LogP contribution in [0.15, 0.2) is 54.7 Å². The first-order valence-corrected chi connectivity index (χ1v) is 9.04. The fourth-order valence-electron chi connectivity index (χ4n) is 3.06. The van der Waals surface area contributed by atoms with Crippen LogP contribution < -0.4 is 5.32 Å². The van der Waals surface area contributed by atoms with Gasteiger partial charge in [0.15, 0.2) is 5.11 Å². The molecule has 0 aliphatic carbocycles. The summed E-state index contributed by atoms with van der Waals surface area (Å²) in [6.45, 7) is 7.22. The minimum Gasteiger partial charge on any atom is -0.350 e. The third-order valence-electron chi connectivity index (χ3n) is 4.51. The van der Waals surface area contributed by atoms with Crippen LogP contribution in [0.25, 0.3) is 10.9 Å². The highest BCUT2D eigenvalue weighted by molar-refractivity contribution is 7.80. The zero-order valence-electron chi connectivity index (χ0n) is 15.3. The molecule has 3 rings (SSSR count). The molecule has 4 heteroatoms. The second-order valence-electron chi connectivity index (χ2n) is 6.80. The number of nitrogens with one attached hydrogen (secondary N) is 1. The molecule has 0 radical (unpaired) electrons. The van der Waals surface area contributed by atoms with Crippen LogP contribution in [0.5, 0.6) is 0 Å². The van der Waals surface area contributed by atoms with Gasteiger partial charge in [-0.1, -0.05) is 35.9 Å². The van der Waals surface area contributed by atoms with Crippen molar-refractivity contribution in [3.05, 3.63) is 65.9 Å². The van der Waals surface area contributed by atoms with Gasteiger partial charge in [0.05, 0.1) is 0 Å². The maximum atomic E-state index is 5.70. The lowest BCUT2D eigenvalue weighted by atomic mass is 10.1. The molecule has 0 aliphatic rings. The Hall–Kier alpha value is -2.33. The van der Waals surface area contributed by atoms with Gasteiger partial charge in [0, 0.05) is 42.4 Å². The molecule has 0 bridgehead atoms. The van der Waals surface area contributed by atoms with Crippen molar-refractivity contribution in [3.63, 3.8) is 0 Å². The van der Waals surface area contributed by atoms with Crippen LogP contribution in [-0.4, -0.2) is 20.6 Å². The second kappa shape index (κ2) is 7.28. The van der Waals surface area contributed by atoms with Crippen molar-refractivity contribution >= 4 is 33.9 Å². The second-order valence-corrected chi connectivity index (χ2v) is 7.19. The Bertz CT molecular complexity index is 878. The molecule has 2 aromatic carbocycles. The number of hydrogen-bond acceptors (Lipinski definition) is 1. The molecule has 0 atom stereocenters. The molecule has 0 saturated carbocycles. The van der Waals surface area contributed by atoms with Crippen LogP contribution in [0.2, 0.25) is 0 Å². The third-order valence-corrected chi connectivity index (χ3v) is 4.84. The van der Waals surface area contributed by atoms with Gasteiger partial charge in [0.2, 0.25) is 0 Å². The smallest absolute Gasteiger partial charge is 0.173 e. The quantitative estimate of drug-likeness (QED) is 0.661. The lowest BCUT2D eigenvalue weighted by molar-refractivity contribution is 0.349. The van der Waals surface area contributed by atoms with Gasteiger partial charge >= 0.3 is 0 Å². The number of hydrogen-bond donors (Lipinski definition) is 1. The summed E-state index contributed by atoms with van der Waals surface area (Å²) in [6, 6.07) is 17.1. The number of aromatic nitrogens is 1. The van der Waals surface area contributed by atoms with Crippen molar-refractivity contribution in [3.8, 4) is 0 Å². The molecular formula is C21H25N3S. The minimum atomic E-state index is 0.310. The van der Waals surface area contributed by atoms with Gasteiger partial charge in [-0.05, 0) is 56.8 Å². The molecule has 0 fully saturated rings. The number of benzene rings is 2. The predicted octanol–water partition coefficient (Wildman–Crippen LogP) is 5.09. The van der Waals surface area contributed by atoms with Gasteiger partial charge in [0.1, 0.15) is 0 Å². The minimum absolute atomic E-state index is 0.310. The lowest BCUT2D eigenvalue weighted by Gasteiger charge is -2.29. The zero-order valence-corrected chi connectivity index (χ0v) is 16.1.